The first-order valence-electron chi connectivity index (χ1n) is 9.13. The topological polar surface area (TPSA) is 114 Å². The Morgan fingerprint density at radius 2 is 1.93 bits per heavy atom. The van der Waals surface area contributed by atoms with Gasteiger partial charge in [0.05, 0.1) is 0 Å². The number of nitrogens with zero attached hydrogens (tertiary/aromatic N) is 3. The summed E-state index contributed by atoms with van der Waals surface area (Å²) in [6.07, 6.45) is 1.96. The fourth-order valence-corrected chi connectivity index (χ4v) is 2.64. The summed E-state index contributed by atoms with van der Waals surface area (Å²) in [7, 11) is 0. The Morgan fingerprint density at radius 3 is 2.57 bits per heavy atom. The van der Waals surface area contributed by atoms with Crippen molar-refractivity contribution in [2.24, 2.45) is 5.92 Å². The van der Waals surface area contributed by atoms with Crippen molar-refractivity contribution in [2.45, 2.75) is 40.2 Å². The van der Waals surface area contributed by atoms with Gasteiger partial charge in [-0.3, -0.25) is 9.59 Å². The maximum Gasteiger partial charge on any atom is 0.264 e. The van der Waals surface area contributed by atoms with Crippen molar-refractivity contribution >= 4 is 5.91 Å². The van der Waals surface area contributed by atoms with Gasteiger partial charge in [-0.05, 0) is 19.8 Å². The molecule has 8 heteroatoms. The highest BCUT2D eigenvalue weighted by atomic mass is 16.5. The average molecular weight is 381 g/mol. The van der Waals surface area contributed by atoms with Crippen LogP contribution in [0.2, 0.25) is 0 Å². The van der Waals surface area contributed by atoms with E-state index in [1.165, 1.54) is 6.20 Å². The highest BCUT2D eigenvalue weighted by molar-refractivity contribution is 5.93. The van der Waals surface area contributed by atoms with Crippen LogP contribution in [0.1, 0.15) is 54.4 Å². The number of aromatic amines is 1. The van der Waals surface area contributed by atoms with Gasteiger partial charge in [-0.25, -0.2) is 4.98 Å². The Hall–Kier alpha value is -3.29. The highest BCUT2D eigenvalue weighted by Gasteiger charge is 2.20. The number of aryl methyl sites for hydroxylation is 1. The first-order chi connectivity index (χ1) is 13.3. The van der Waals surface area contributed by atoms with E-state index in [2.05, 4.69) is 39.3 Å². The van der Waals surface area contributed by atoms with Crippen molar-refractivity contribution in [1.82, 2.24) is 25.4 Å². The van der Waals surface area contributed by atoms with Crippen molar-refractivity contribution < 1.29 is 9.32 Å². The van der Waals surface area contributed by atoms with Crippen LogP contribution in [0.25, 0.3) is 11.4 Å². The Morgan fingerprint density at radius 1 is 1.21 bits per heavy atom. The van der Waals surface area contributed by atoms with Gasteiger partial charge in [0, 0.05) is 18.2 Å². The number of amides is 1. The lowest BCUT2D eigenvalue weighted by atomic mass is 10.1. The highest BCUT2D eigenvalue weighted by Crippen LogP contribution is 2.15. The van der Waals surface area contributed by atoms with Crippen LogP contribution in [0.3, 0.4) is 0 Å². The van der Waals surface area contributed by atoms with Gasteiger partial charge >= 0.3 is 0 Å². The lowest BCUT2D eigenvalue weighted by molar-refractivity contribution is 0.0930. The molecule has 1 amide bonds. The molecular weight excluding hydrogens is 358 g/mol. The lowest BCUT2D eigenvalue weighted by Gasteiger charge is -2.09. The van der Waals surface area contributed by atoms with E-state index in [1.807, 2.05) is 31.2 Å². The first-order valence-corrected chi connectivity index (χ1v) is 9.13. The van der Waals surface area contributed by atoms with Crippen molar-refractivity contribution in [1.29, 1.82) is 0 Å². The number of rotatable bonds is 6. The van der Waals surface area contributed by atoms with E-state index in [9.17, 15) is 9.59 Å². The van der Waals surface area contributed by atoms with Gasteiger partial charge in [0.25, 0.3) is 11.5 Å². The number of benzene rings is 1. The van der Waals surface area contributed by atoms with E-state index in [-0.39, 0.29) is 5.56 Å². The number of hydrogen-bond acceptors (Lipinski definition) is 6. The van der Waals surface area contributed by atoms with E-state index in [4.69, 9.17) is 4.52 Å². The second-order valence-electron chi connectivity index (χ2n) is 7.18. The van der Waals surface area contributed by atoms with E-state index < -0.39 is 17.5 Å². The molecule has 1 atom stereocenters. The molecule has 0 spiro atoms. The molecule has 0 fully saturated rings. The number of H-pyrrole nitrogens is 1. The molecule has 3 aromatic rings. The van der Waals surface area contributed by atoms with Crippen LogP contribution in [0.4, 0.5) is 0 Å². The van der Waals surface area contributed by atoms with E-state index in [0.29, 0.717) is 29.9 Å². The molecule has 0 saturated heterocycles. The number of nitrogens with one attached hydrogen (secondary N) is 2. The van der Waals surface area contributed by atoms with Crippen LogP contribution < -0.4 is 10.9 Å². The molecule has 0 saturated carbocycles. The minimum atomic E-state index is -0.555. The van der Waals surface area contributed by atoms with Crippen LogP contribution in [0.5, 0.6) is 0 Å². The average Bonchev–Trinajstić information content (AvgIpc) is 3.10. The molecular formula is C20H23N5O3. The molecule has 0 aliphatic carbocycles. The summed E-state index contributed by atoms with van der Waals surface area (Å²) in [6.45, 7) is 7.80. The maximum atomic E-state index is 12.5. The molecule has 8 nitrogen and oxygen atoms in total. The molecule has 1 unspecified atom stereocenters. The second kappa shape index (κ2) is 8.16. The Kier molecular flexibility index (Phi) is 5.67. The summed E-state index contributed by atoms with van der Waals surface area (Å²) in [5.74, 6) is 1.13. The third-order valence-corrected chi connectivity index (χ3v) is 4.16. The smallest absolute Gasteiger partial charge is 0.264 e. The minimum absolute atomic E-state index is 0.0790. The van der Waals surface area contributed by atoms with Crippen LogP contribution >= 0.6 is 0 Å². The fourth-order valence-electron chi connectivity index (χ4n) is 2.64. The fraction of sp³-hybridized carbons (Fsp3) is 0.350. The summed E-state index contributed by atoms with van der Waals surface area (Å²) in [5.41, 5.74) is 1.28. The summed E-state index contributed by atoms with van der Waals surface area (Å²) in [6, 6.07) is 7.04. The van der Waals surface area contributed by atoms with Gasteiger partial charge < -0.3 is 14.8 Å². The molecule has 0 aliphatic rings. The standard InChI is InChI=1S/C20H23N5O3/c1-11(2)9-16-23-20(28-25-16)13(4)22-18(26)15-10-21-17(24-19(15)27)14-7-5-12(3)6-8-14/h5-8,10-11,13H,9H2,1-4H3,(H,22,26)(H,21,24,27). The Bertz CT molecular complexity index is 1020. The molecule has 146 valence electrons. The van der Waals surface area contributed by atoms with E-state index in [1.54, 1.807) is 6.92 Å². The first kappa shape index (κ1) is 19.5. The maximum absolute atomic E-state index is 12.5. The van der Waals surface area contributed by atoms with Gasteiger partial charge in [-0.2, -0.15) is 4.98 Å². The predicted octanol–water partition coefficient (Wildman–Crippen LogP) is 2.82. The molecule has 28 heavy (non-hydrogen) atoms. The quantitative estimate of drug-likeness (QED) is 0.679. The number of carbonyl (C=O) groups excluding carboxylic acids is 1. The minimum Gasteiger partial charge on any atom is -0.340 e. The zero-order chi connectivity index (χ0) is 20.3. The zero-order valence-corrected chi connectivity index (χ0v) is 16.3. The molecule has 2 aromatic heterocycles. The summed E-state index contributed by atoms with van der Waals surface area (Å²) in [4.78, 5) is 36.0. The summed E-state index contributed by atoms with van der Waals surface area (Å²) >= 11 is 0. The largest absolute Gasteiger partial charge is 0.340 e. The third-order valence-electron chi connectivity index (χ3n) is 4.16. The number of carbonyl (C=O) groups is 1. The van der Waals surface area contributed by atoms with Crippen molar-refractivity contribution in [3.8, 4) is 11.4 Å². The SMILES string of the molecule is Cc1ccc(-c2ncc(C(=O)NC(C)c3nc(CC(C)C)no3)c(=O)[nH]2)cc1. The summed E-state index contributed by atoms with van der Waals surface area (Å²) < 4.78 is 5.20. The van der Waals surface area contributed by atoms with Crippen molar-refractivity contribution in [3.05, 3.63) is 63.7 Å². The van der Waals surface area contributed by atoms with Crippen LogP contribution in [-0.4, -0.2) is 26.0 Å². The normalized spacial score (nSPS) is 12.2. The predicted molar refractivity (Wildman–Crippen MR) is 104 cm³/mol. The van der Waals surface area contributed by atoms with Crippen molar-refractivity contribution in [2.75, 3.05) is 0 Å². The van der Waals surface area contributed by atoms with E-state index in [0.717, 1.165) is 11.1 Å². The van der Waals surface area contributed by atoms with Gasteiger partial charge in [0.15, 0.2) is 5.82 Å². The van der Waals surface area contributed by atoms with E-state index >= 15 is 0 Å². The van der Waals surface area contributed by atoms with Crippen LogP contribution in [-0.2, 0) is 6.42 Å². The Balaban J connectivity index is 1.72. The number of aromatic nitrogens is 4. The van der Waals surface area contributed by atoms with Crippen LogP contribution in [0, 0.1) is 12.8 Å². The third kappa shape index (κ3) is 4.51. The van der Waals surface area contributed by atoms with Gasteiger partial charge in [0.1, 0.15) is 17.4 Å². The monoisotopic (exact) mass is 381 g/mol. The zero-order valence-electron chi connectivity index (χ0n) is 16.3. The Labute approximate surface area is 162 Å². The molecule has 0 aliphatic heterocycles. The number of hydrogen-bond donors (Lipinski definition) is 2. The summed E-state index contributed by atoms with van der Waals surface area (Å²) in [5, 5.41) is 6.60. The molecule has 1 aromatic carbocycles. The van der Waals surface area contributed by atoms with Gasteiger partial charge in [-0.1, -0.05) is 48.8 Å². The molecule has 2 heterocycles. The molecule has 0 bridgehead atoms. The van der Waals surface area contributed by atoms with Crippen molar-refractivity contribution in [3.63, 3.8) is 0 Å². The molecule has 0 radical (unpaired) electrons. The van der Waals surface area contributed by atoms with Gasteiger partial charge in [-0.15, -0.1) is 0 Å². The molecule has 2 N–H and O–H groups in total. The van der Waals surface area contributed by atoms with Crippen LogP contribution in [0.15, 0.2) is 39.8 Å². The lowest BCUT2D eigenvalue weighted by Crippen LogP contribution is -2.32. The molecule has 3 rings (SSSR count). The second-order valence-corrected chi connectivity index (χ2v) is 7.18. The van der Waals surface area contributed by atoms with Gasteiger partial charge in [0.2, 0.25) is 5.89 Å².